The molecule has 1 aromatic rings. The summed E-state index contributed by atoms with van der Waals surface area (Å²) in [5.74, 6) is 0. The van der Waals surface area contributed by atoms with E-state index in [0.29, 0.717) is 16.8 Å². The van der Waals surface area contributed by atoms with Crippen molar-refractivity contribution in [3.05, 3.63) is 22.7 Å². The van der Waals surface area contributed by atoms with E-state index >= 15 is 0 Å². The molecule has 7 heteroatoms. The number of rotatable bonds is 7. The fourth-order valence-corrected chi connectivity index (χ4v) is 3.24. The molecule has 108 valence electrons. The number of methoxy groups -OCH3 is 1. The van der Waals surface area contributed by atoms with Gasteiger partial charge in [0.25, 0.3) is 0 Å². The van der Waals surface area contributed by atoms with Crippen molar-refractivity contribution in [1.82, 2.24) is 4.72 Å². The van der Waals surface area contributed by atoms with E-state index in [-0.39, 0.29) is 10.9 Å². The number of hydrogen-bond acceptors (Lipinski definition) is 4. The summed E-state index contributed by atoms with van der Waals surface area (Å²) in [6, 6.07) is 4.33. The molecule has 1 atom stereocenters. The van der Waals surface area contributed by atoms with E-state index in [4.69, 9.17) is 10.5 Å². The summed E-state index contributed by atoms with van der Waals surface area (Å²) >= 11 is 3.24. The van der Waals surface area contributed by atoms with Gasteiger partial charge < -0.3 is 10.5 Å². The standard InChI is InChI=1S/C12H19BrN2O3S/c1-3-4-9(8-18-2)15-19(16,17)10-5-6-11(13)12(14)7-10/h5-7,9,15H,3-4,8,14H2,1-2H3. The third kappa shape index (κ3) is 4.76. The zero-order valence-corrected chi connectivity index (χ0v) is 13.4. The van der Waals surface area contributed by atoms with E-state index in [2.05, 4.69) is 20.7 Å². The highest BCUT2D eigenvalue weighted by atomic mass is 79.9. The van der Waals surface area contributed by atoms with Gasteiger partial charge in [0.15, 0.2) is 0 Å². The molecule has 1 rings (SSSR count). The summed E-state index contributed by atoms with van der Waals surface area (Å²) in [7, 11) is -2.02. The van der Waals surface area contributed by atoms with E-state index in [0.717, 1.165) is 12.8 Å². The average Bonchev–Trinajstić information content (AvgIpc) is 2.32. The Morgan fingerprint density at radius 3 is 2.68 bits per heavy atom. The van der Waals surface area contributed by atoms with Gasteiger partial charge in [-0.15, -0.1) is 0 Å². The van der Waals surface area contributed by atoms with Crippen LogP contribution in [-0.4, -0.2) is 28.2 Å². The van der Waals surface area contributed by atoms with Crippen molar-refractivity contribution in [2.24, 2.45) is 0 Å². The van der Waals surface area contributed by atoms with Gasteiger partial charge in [-0.1, -0.05) is 13.3 Å². The van der Waals surface area contributed by atoms with Crippen LogP contribution in [-0.2, 0) is 14.8 Å². The zero-order valence-electron chi connectivity index (χ0n) is 11.0. The molecule has 0 aliphatic rings. The quantitative estimate of drug-likeness (QED) is 0.738. The number of nitrogens with two attached hydrogens (primary N) is 1. The predicted octanol–water partition coefficient (Wildman–Crippen LogP) is 2.12. The summed E-state index contributed by atoms with van der Waals surface area (Å²) in [6.07, 6.45) is 1.60. The van der Waals surface area contributed by atoms with Crippen LogP contribution in [0.2, 0.25) is 0 Å². The summed E-state index contributed by atoms with van der Waals surface area (Å²) in [6.45, 7) is 2.34. The summed E-state index contributed by atoms with van der Waals surface area (Å²) in [5, 5.41) is 0. The van der Waals surface area contributed by atoms with Crippen LogP contribution in [0.5, 0.6) is 0 Å². The molecule has 0 radical (unpaired) electrons. The molecular formula is C12H19BrN2O3S. The minimum Gasteiger partial charge on any atom is -0.398 e. The van der Waals surface area contributed by atoms with Crippen molar-refractivity contribution in [2.75, 3.05) is 19.5 Å². The molecule has 0 aliphatic carbocycles. The molecule has 1 aromatic carbocycles. The van der Waals surface area contributed by atoms with Gasteiger partial charge in [0.2, 0.25) is 10.0 Å². The smallest absolute Gasteiger partial charge is 0.240 e. The number of halogens is 1. The summed E-state index contributed by atoms with van der Waals surface area (Å²) < 4.78 is 32.8. The fourth-order valence-electron chi connectivity index (χ4n) is 1.70. The second-order valence-electron chi connectivity index (χ2n) is 4.25. The molecule has 19 heavy (non-hydrogen) atoms. The first kappa shape index (κ1) is 16.4. The van der Waals surface area contributed by atoms with Crippen molar-refractivity contribution < 1.29 is 13.2 Å². The lowest BCUT2D eigenvalue weighted by Crippen LogP contribution is -2.37. The number of nitrogen functional groups attached to an aromatic ring is 1. The second kappa shape index (κ2) is 7.23. The number of benzene rings is 1. The van der Waals surface area contributed by atoms with Gasteiger partial charge in [0.05, 0.1) is 11.5 Å². The van der Waals surface area contributed by atoms with Crippen molar-refractivity contribution in [2.45, 2.75) is 30.7 Å². The fraction of sp³-hybridized carbons (Fsp3) is 0.500. The van der Waals surface area contributed by atoms with E-state index in [9.17, 15) is 8.42 Å². The number of hydrogen-bond donors (Lipinski definition) is 2. The lowest BCUT2D eigenvalue weighted by atomic mass is 10.2. The number of sulfonamides is 1. The Labute approximate surface area is 122 Å². The highest BCUT2D eigenvalue weighted by molar-refractivity contribution is 9.10. The van der Waals surface area contributed by atoms with Crippen LogP contribution in [0.3, 0.4) is 0 Å². The summed E-state index contributed by atoms with van der Waals surface area (Å²) in [4.78, 5) is 0.158. The van der Waals surface area contributed by atoms with Crippen molar-refractivity contribution in [3.8, 4) is 0 Å². The Kier molecular flexibility index (Phi) is 6.25. The van der Waals surface area contributed by atoms with Crippen LogP contribution in [0.15, 0.2) is 27.6 Å². The van der Waals surface area contributed by atoms with Crippen LogP contribution >= 0.6 is 15.9 Å². The largest absolute Gasteiger partial charge is 0.398 e. The Bertz CT molecular complexity index is 514. The molecule has 0 heterocycles. The average molecular weight is 351 g/mol. The van der Waals surface area contributed by atoms with Gasteiger partial charge in [-0.3, -0.25) is 0 Å². The molecule has 0 saturated carbocycles. The van der Waals surface area contributed by atoms with Crippen molar-refractivity contribution in [1.29, 1.82) is 0 Å². The normalized spacial score (nSPS) is 13.4. The molecule has 0 saturated heterocycles. The SMILES string of the molecule is CCCC(COC)NS(=O)(=O)c1ccc(Br)c(N)c1. The molecule has 0 amide bonds. The maximum atomic E-state index is 12.2. The number of nitrogens with one attached hydrogen (secondary N) is 1. The van der Waals surface area contributed by atoms with Crippen LogP contribution in [0.1, 0.15) is 19.8 Å². The Morgan fingerprint density at radius 2 is 2.16 bits per heavy atom. The van der Waals surface area contributed by atoms with Gasteiger partial charge in [-0.05, 0) is 40.5 Å². The van der Waals surface area contributed by atoms with Gasteiger partial charge >= 0.3 is 0 Å². The minimum absolute atomic E-state index is 0.158. The van der Waals surface area contributed by atoms with Crippen LogP contribution in [0, 0.1) is 0 Å². The third-order valence-corrected chi connectivity index (χ3v) is 4.84. The predicted molar refractivity (Wildman–Crippen MR) is 79.4 cm³/mol. The van der Waals surface area contributed by atoms with Gasteiger partial charge in [0, 0.05) is 23.3 Å². The van der Waals surface area contributed by atoms with E-state index in [1.807, 2.05) is 6.92 Å². The molecule has 0 spiro atoms. The molecule has 0 fully saturated rings. The first-order valence-corrected chi connectivity index (χ1v) is 8.24. The van der Waals surface area contributed by atoms with Gasteiger partial charge in [0.1, 0.15) is 0 Å². The van der Waals surface area contributed by atoms with Crippen LogP contribution < -0.4 is 10.5 Å². The van der Waals surface area contributed by atoms with Crippen molar-refractivity contribution in [3.63, 3.8) is 0 Å². The molecule has 0 aromatic heterocycles. The Hall–Kier alpha value is -0.630. The van der Waals surface area contributed by atoms with Crippen LogP contribution in [0.25, 0.3) is 0 Å². The second-order valence-corrected chi connectivity index (χ2v) is 6.81. The number of ether oxygens (including phenoxy) is 1. The van der Waals surface area contributed by atoms with Crippen molar-refractivity contribution >= 4 is 31.6 Å². The van der Waals surface area contributed by atoms with Crippen LogP contribution in [0.4, 0.5) is 5.69 Å². The molecule has 0 aliphatic heterocycles. The van der Waals surface area contributed by atoms with Gasteiger partial charge in [-0.2, -0.15) is 0 Å². The Balaban J connectivity index is 2.92. The topological polar surface area (TPSA) is 81.4 Å². The Morgan fingerprint density at radius 1 is 1.47 bits per heavy atom. The number of anilines is 1. The summed E-state index contributed by atoms with van der Waals surface area (Å²) in [5.41, 5.74) is 6.09. The third-order valence-electron chi connectivity index (χ3n) is 2.60. The highest BCUT2D eigenvalue weighted by Gasteiger charge is 2.20. The first-order valence-electron chi connectivity index (χ1n) is 5.97. The van der Waals surface area contributed by atoms with E-state index in [1.165, 1.54) is 12.1 Å². The first-order chi connectivity index (χ1) is 8.90. The monoisotopic (exact) mass is 350 g/mol. The van der Waals surface area contributed by atoms with E-state index in [1.54, 1.807) is 13.2 Å². The molecule has 3 N–H and O–H groups in total. The highest BCUT2D eigenvalue weighted by Crippen LogP contribution is 2.23. The lowest BCUT2D eigenvalue weighted by Gasteiger charge is -2.17. The molecular weight excluding hydrogens is 332 g/mol. The zero-order chi connectivity index (χ0) is 14.5. The lowest BCUT2D eigenvalue weighted by molar-refractivity contribution is 0.171. The molecule has 0 bridgehead atoms. The minimum atomic E-state index is -3.57. The molecule has 5 nitrogen and oxygen atoms in total. The maximum Gasteiger partial charge on any atom is 0.240 e. The molecule has 1 unspecified atom stereocenters. The van der Waals surface area contributed by atoms with E-state index < -0.39 is 10.0 Å². The maximum absolute atomic E-state index is 12.2. The van der Waals surface area contributed by atoms with Gasteiger partial charge in [-0.25, -0.2) is 13.1 Å².